The van der Waals surface area contributed by atoms with Crippen LogP contribution in [-0.4, -0.2) is 19.0 Å². The van der Waals surface area contributed by atoms with Gasteiger partial charge >= 0.3 is 0 Å². The van der Waals surface area contributed by atoms with Crippen LogP contribution in [0.5, 0.6) is 0 Å². The minimum absolute atomic E-state index is 0.0131. The van der Waals surface area contributed by atoms with Gasteiger partial charge in [-0.2, -0.15) is 0 Å². The van der Waals surface area contributed by atoms with Crippen molar-refractivity contribution >= 4 is 11.6 Å². The average Bonchev–Trinajstić information content (AvgIpc) is 2.60. The molecule has 0 saturated carbocycles. The third-order valence-electron chi connectivity index (χ3n) is 3.54. The second kappa shape index (κ2) is 6.55. The highest BCUT2D eigenvalue weighted by Gasteiger charge is 2.12. The van der Waals surface area contributed by atoms with Crippen LogP contribution in [0.25, 0.3) is 0 Å². The van der Waals surface area contributed by atoms with Crippen LogP contribution >= 0.6 is 0 Å². The van der Waals surface area contributed by atoms with Crippen LogP contribution in [0.2, 0.25) is 0 Å². The maximum absolute atomic E-state index is 10.9. The molecule has 1 aliphatic rings. The molecule has 0 aliphatic carbocycles. The van der Waals surface area contributed by atoms with Crippen molar-refractivity contribution in [3.05, 3.63) is 29.8 Å². The zero-order valence-electron chi connectivity index (χ0n) is 11.2. The molecule has 0 aromatic heterocycles. The highest BCUT2D eigenvalue weighted by atomic mass is 16.1. The SMILES string of the molecule is CC(=O)Nc1ccc(C[NH+]2CCCCCC2)cc1. The number of quaternary nitrogens is 1. The van der Waals surface area contributed by atoms with E-state index in [9.17, 15) is 4.79 Å². The molecule has 0 atom stereocenters. The molecule has 98 valence electrons. The number of carbonyl (C=O) groups is 1. The van der Waals surface area contributed by atoms with Crippen LogP contribution in [0.1, 0.15) is 38.2 Å². The predicted molar refractivity (Wildman–Crippen MR) is 73.6 cm³/mol. The van der Waals surface area contributed by atoms with Gasteiger partial charge in [0.1, 0.15) is 6.54 Å². The lowest BCUT2D eigenvalue weighted by Gasteiger charge is -2.17. The first kappa shape index (κ1) is 13.1. The Morgan fingerprint density at radius 2 is 1.72 bits per heavy atom. The lowest BCUT2D eigenvalue weighted by atomic mass is 10.2. The van der Waals surface area contributed by atoms with Gasteiger partial charge in [-0.05, 0) is 37.8 Å². The van der Waals surface area contributed by atoms with Gasteiger partial charge < -0.3 is 10.2 Å². The molecule has 1 saturated heterocycles. The number of nitrogens with one attached hydrogen (secondary N) is 2. The Hall–Kier alpha value is -1.35. The zero-order valence-corrected chi connectivity index (χ0v) is 11.2. The molecule has 0 bridgehead atoms. The molecule has 0 unspecified atom stereocenters. The summed E-state index contributed by atoms with van der Waals surface area (Å²) in [7, 11) is 0. The first-order chi connectivity index (χ1) is 8.74. The van der Waals surface area contributed by atoms with Gasteiger partial charge in [-0.1, -0.05) is 12.1 Å². The van der Waals surface area contributed by atoms with Crippen LogP contribution in [0.3, 0.4) is 0 Å². The normalized spacial score (nSPS) is 17.2. The molecule has 0 radical (unpaired) electrons. The Labute approximate surface area is 109 Å². The van der Waals surface area contributed by atoms with Crippen LogP contribution < -0.4 is 10.2 Å². The van der Waals surface area contributed by atoms with Crippen molar-refractivity contribution < 1.29 is 9.69 Å². The topological polar surface area (TPSA) is 33.5 Å². The van der Waals surface area contributed by atoms with Crippen molar-refractivity contribution in [1.29, 1.82) is 0 Å². The van der Waals surface area contributed by atoms with Gasteiger partial charge in [-0.15, -0.1) is 0 Å². The maximum atomic E-state index is 10.9. The van der Waals surface area contributed by atoms with E-state index in [1.165, 1.54) is 51.3 Å². The summed E-state index contributed by atoms with van der Waals surface area (Å²) in [5.74, 6) is -0.0131. The zero-order chi connectivity index (χ0) is 12.8. The number of anilines is 1. The Balaban J connectivity index is 1.90. The van der Waals surface area contributed by atoms with E-state index in [0.717, 1.165) is 12.2 Å². The first-order valence-corrected chi connectivity index (χ1v) is 6.94. The number of carbonyl (C=O) groups excluding carboxylic acids is 1. The van der Waals surface area contributed by atoms with E-state index in [1.807, 2.05) is 12.1 Å². The summed E-state index contributed by atoms with van der Waals surface area (Å²) in [5, 5.41) is 2.80. The fourth-order valence-corrected chi connectivity index (χ4v) is 2.60. The van der Waals surface area contributed by atoms with Crippen LogP contribution in [-0.2, 0) is 11.3 Å². The first-order valence-electron chi connectivity index (χ1n) is 6.94. The quantitative estimate of drug-likeness (QED) is 0.836. The number of likely N-dealkylation sites (tertiary alicyclic amines) is 1. The number of hydrogen-bond donors (Lipinski definition) is 2. The predicted octanol–water partition coefficient (Wildman–Crippen LogP) is 1.60. The second-order valence-corrected chi connectivity index (χ2v) is 5.22. The fraction of sp³-hybridized carbons (Fsp3) is 0.533. The van der Waals surface area contributed by atoms with Gasteiger partial charge in [0, 0.05) is 18.2 Å². The van der Waals surface area contributed by atoms with Gasteiger partial charge in [-0.3, -0.25) is 4.79 Å². The highest BCUT2D eigenvalue weighted by Crippen LogP contribution is 2.09. The molecular weight excluding hydrogens is 224 g/mol. The summed E-state index contributed by atoms with van der Waals surface area (Å²) < 4.78 is 0. The minimum Gasteiger partial charge on any atom is -0.331 e. The summed E-state index contributed by atoms with van der Waals surface area (Å²) in [6.07, 6.45) is 5.51. The molecule has 1 aliphatic heterocycles. The number of amides is 1. The lowest BCUT2D eigenvalue weighted by Crippen LogP contribution is -3.10. The molecule has 2 rings (SSSR count). The van der Waals surface area contributed by atoms with Crippen molar-refractivity contribution in [3.8, 4) is 0 Å². The molecule has 0 spiro atoms. The van der Waals surface area contributed by atoms with Crippen LogP contribution in [0.15, 0.2) is 24.3 Å². The average molecular weight is 247 g/mol. The molecular formula is C15H23N2O+. The summed E-state index contributed by atoms with van der Waals surface area (Å²) in [6, 6.07) is 8.24. The smallest absolute Gasteiger partial charge is 0.221 e. The van der Waals surface area contributed by atoms with E-state index in [2.05, 4.69) is 17.4 Å². The summed E-state index contributed by atoms with van der Waals surface area (Å²) in [5.41, 5.74) is 2.25. The van der Waals surface area contributed by atoms with E-state index >= 15 is 0 Å². The van der Waals surface area contributed by atoms with Crippen molar-refractivity contribution in [1.82, 2.24) is 0 Å². The van der Waals surface area contributed by atoms with Crippen molar-refractivity contribution in [2.45, 2.75) is 39.2 Å². The molecule has 2 N–H and O–H groups in total. The number of rotatable bonds is 3. The van der Waals surface area contributed by atoms with E-state index in [0.29, 0.717) is 0 Å². The Morgan fingerprint density at radius 1 is 1.11 bits per heavy atom. The second-order valence-electron chi connectivity index (χ2n) is 5.22. The van der Waals surface area contributed by atoms with E-state index in [-0.39, 0.29) is 5.91 Å². The monoisotopic (exact) mass is 247 g/mol. The summed E-state index contributed by atoms with van der Waals surface area (Å²) >= 11 is 0. The van der Waals surface area contributed by atoms with E-state index in [1.54, 1.807) is 4.90 Å². The molecule has 3 heteroatoms. The molecule has 18 heavy (non-hydrogen) atoms. The Morgan fingerprint density at radius 3 is 2.28 bits per heavy atom. The van der Waals surface area contributed by atoms with Crippen molar-refractivity contribution in [2.75, 3.05) is 18.4 Å². The molecule has 1 heterocycles. The minimum atomic E-state index is -0.0131. The van der Waals surface area contributed by atoms with E-state index in [4.69, 9.17) is 0 Å². The largest absolute Gasteiger partial charge is 0.331 e. The number of benzene rings is 1. The fourth-order valence-electron chi connectivity index (χ4n) is 2.60. The Bertz CT molecular complexity index is 378. The number of hydrogen-bond acceptors (Lipinski definition) is 1. The van der Waals surface area contributed by atoms with Gasteiger partial charge in [-0.25, -0.2) is 0 Å². The standard InChI is InChI=1S/C15H22N2O/c1-13(18)16-15-8-6-14(7-9-15)12-17-10-4-2-3-5-11-17/h6-9H,2-5,10-12H2,1H3,(H,16,18)/p+1. The van der Waals surface area contributed by atoms with Crippen LogP contribution in [0.4, 0.5) is 5.69 Å². The van der Waals surface area contributed by atoms with Crippen molar-refractivity contribution in [3.63, 3.8) is 0 Å². The van der Waals surface area contributed by atoms with Gasteiger partial charge in [0.25, 0.3) is 0 Å². The van der Waals surface area contributed by atoms with Crippen LogP contribution in [0, 0.1) is 0 Å². The molecule has 1 amide bonds. The van der Waals surface area contributed by atoms with Crippen molar-refractivity contribution in [2.24, 2.45) is 0 Å². The maximum Gasteiger partial charge on any atom is 0.221 e. The highest BCUT2D eigenvalue weighted by molar-refractivity contribution is 5.88. The third kappa shape index (κ3) is 4.15. The third-order valence-corrected chi connectivity index (χ3v) is 3.54. The summed E-state index contributed by atoms with van der Waals surface area (Å²) in [4.78, 5) is 12.6. The summed E-state index contributed by atoms with van der Waals surface area (Å²) in [6.45, 7) is 5.25. The van der Waals surface area contributed by atoms with E-state index < -0.39 is 0 Å². The lowest BCUT2D eigenvalue weighted by molar-refractivity contribution is -0.913. The van der Waals surface area contributed by atoms with Gasteiger partial charge in [0.15, 0.2) is 0 Å². The molecule has 1 fully saturated rings. The molecule has 3 nitrogen and oxygen atoms in total. The molecule has 1 aromatic carbocycles. The Kier molecular flexibility index (Phi) is 4.76. The van der Waals surface area contributed by atoms with Gasteiger partial charge in [0.05, 0.1) is 13.1 Å². The van der Waals surface area contributed by atoms with Gasteiger partial charge in [0.2, 0.25) is 5.91 Å². The molecule has 1 aromatic rings.